The fourth-order valence-corrected chi connectivity index (χ4v) is 1.88. The number of aromatic nitrogens is 2. The molecule has 102 valence electrons. The van der Waals surface area contributed by atoms with Gasteiger partial charge in [0.1, 0.15) is 6.10 Å². The normalized spacial score (nSPS) is 19.5. The monoisotopic (exact) mass is 255 g/mol. The summed E-state index contributed by atoms with van der Waals surface area (Å²) in [5, 5.41) is 3.95. The number of nitrogens with zero attached hydrogens (tertiary/aromatic N) is 2. The third-order valence-corrected chi connectivity index (χ3v) is 3.28. The lowest BCUT2D eigenvalue weighted by atomic mass is 9.77. The highest BCUT2D eigenvalue weighted by Gasteiger charge is 2.39. The average molecular weight is 255 g/mol. The van der Waals surface area contributed by atoms with Crippen LogP contribution in [0.5, 0.6) is 0 Å². The van der Waals surface area contributed by atoms with Crippen molar-refractivity contribution >= 4 is 0 Å². The lowest BCUT2D eigenvalue weighted by molar-refractivity contribution is 0.00144. The Morgan fingerprint density at radius 1 is 1.44 bits per heavy atom. The molecule has 1 atom stereocenters. The minimum atomic E-state index is -0.382. The van der Waals surface area contributed by atoms with Gasteiger partial charge in [-0.1, -0.05) is 5.16 Å². The maximum absolute atomic E-state index is 6.13. The molecule has 1 aromatic heterocycles. The van der Waals surface area contributed by atoms with Gasteiger partial charge < -0.3 is 19.7 Å². The molecule has 1 aliphatic rings. The molecule has 0 spiro atoms. The molecule has 0 aliphatic heterocycles. The summed E-state index contributed by atoms with van der Waals surface area (Å²) >= 11 is 0. The van der Waals surface area contributed by atoms with Crippen LogP contribution >= 0.6 is 0 Å². The summed E-state index contributed by atoms with van der Waals surface area (Å²) < 4.78 is 15.9. The fraction of sp³-hybridized carbons (Fsp3) is 0.833. The predicted molar refractivity (Wildman–Crippen MR) is 64.9 cm³/mol. The molecule has 6 heteroatoms. The first-order valence-electron chi connectivity index (χ1n) is 6.48. The summed E-state index contributed by atoms with van der Waals surface area (Å²) in [6.45, 7) is 5.61. The summed E-state index contributed by atoms with van der Waals surface area (Å²) in [4.78, 5) is 4.33. The summed E-state index contributed by atoms with van der Waals surface area (Å²) in [5.41, 5.74) is 5.75. The van der Waals surface area contributed by atoms with Crippen LogP contribution in [0.25, 0.3) is 0 Å². The first-order valence-corrected chi connectivity index (χ1v) is 6.48. The van der Waals surface area contributed by atoms with Gasteiger partial charge in [-0.2, -0.15) is 4.98 Å². The number of hydrogen-bond acceptors (Lipinski definition) is 6. The van der Waals surface area contributed by atoms with Crippen LogP contribution < -0.4 is 5.73 Å². The zero-order chi connectivity index (χ0) is 13.0. The molecule has 1 aromatic rings. The first kappa shape index (κ1) is 13.5. The zero-order valence-corrected chi connectivity index (χ0v) is 11.0. The second-order valence-corrected chi connectivity index (χ2v) is 4.68. The van der Waals surface area contributed by atoms with Gasteiger partial charge >= 0.3 is 0 Å². The van der Waals surface area contributed by atoms with Gasteiger partial charge in [-0.25, -0.2) is 0 Å². The lowest BCUT2D eigenvalue weighted by Gasteiger charge is -2.34. The molecule has 2 rings (SSSR count). The lowest BCUT2D eigenvalue weighted by Crippen LogP contribution is -2.44. The molecular weight excluding hydrogens is 234 g/mol. The van der Waals surface area contributed by atoms with E-state index in [0.29, 0.717) is 31.5 Å². The van der Waals surface area contributed by atoms with Gasteiger partial charge in [0.15, 0.2) is 5.82 Å². The van der Waals surface area contributed by atoms with Gasteiger partial charge in [-0.3, -0.25) is 0 Å². The maximum atomic E-state index is 6.13. The number of rotatable bonds is 7. The van der Waals surface area contributed by atoms with E-state index in [0.717, 1.165) is 19.3 Å². The molecule has 0 aromatic carbocycles. The van der Waals surface area contributed by atoms with Crippen LogP contribution in [0, 0.1) is 0 Å². The zero-order valence-electron chi connectivity index (χ0n) is 11.0. The molecule has 1 saturated carbocycles. The highest BCUT2D eigenvalue weighted by Crippen LogP contribution is 2.37. The molecule has 0 bridgehead atoms. The Bertz CT molecular complexity index is 376. The molecule has 2 N–H and O–H groups in total. The molecule has 0 radical (unpaired) electrons. The maximum Gasteiger partial charge on any atom is 0.255 e. The summed E-state index contributed by atoms with van der Waals surface area (Å²) in [6.07, 6.45) is 2.74. The fourth-order valence-electron chi connectivity index (χ4n) is 1.88. The minimum absolute atomic E-state index is 0.226. The van der Waals surface area contributed by atoms with Crippen molar-refractivity contribution in [1.29, 1.82) is 0 Å². The average Bonchev–Trinajstić information content (AvgIpc) is 2.81. The summed E-state index contributed by atoms with van der Waals surface area (Å²) in [7, 11) is 0. The minimum Gasteiger partial charge on any atom is -0.379 e. The van der Waals surface area contributed by atoms with E-state index in [1.54, 1.807) is 0 Å². The predicted octanol–water partition coefficient (Wildman–Crippen LogP) is 1.52. The largest absolute Gasteiger partial charge is 0.379 e. The summed E-state index contributed by atoms with van der Waals surface area (Å²) in [6, 6.07) is 0. The van der Waals surface area contributed by atoms with Crippen LogP contribution in [-0.4, -0.2) is 30.0 Å². The Balaban J connectivity index is 1.85. The molecule has 1 heterocycles. The van der Waals surface area contributed by atoms with E-state index in [9.17, 15) is 0 Å². The van der Waals surface area contributed by atoms with Crippen molar-refractivity contribution in [3.63, 3.8) is 0 Å². The highest BCUT2D eigenvalue weighted by molar-refractivity contribution is 5.09. The molecule has 1 fully saturated rings. The van der Waals surface area contributed by atoms with Crippen molar-refractivity contribution in [2.75, 3.05) is 19.8 Å². The molecular formula is C12H21N3O3. The third-order valence-electron chi connectivity index (χ3n) is 3.28. The van der Waals surface area contributed by atoms with Crippen LogP contribution in [0.2, 0.25) is 0 Å². The van der Waals surface area contributed by atoms with Gasteiger partial charge in [0, 0.05) is 6.61 Å². The van der Waals surface area contributed by atoms with E-state index in [2.05, 4.69) is 10.1 Å². The Labute approximate surface area is 107 Å². The van der Waals surface area contributed by atoms with Crippen LogP contribution in [0.15, 0.2) is 4.52 Å². The Kier molecular flexibility index (Phi) is 4.31. The number of ether oxygens (including phenoxy) is 2. The van der Waals surface area contributed by atoms with Crippen LogP contribution in [0.3, 0.4) is 0 Å². The van der Waals surface area contributed by atoms with Gasteiger partial charge in [-0.15, -0.1) is 0 Å². The number of nitrogens with two attached hydrogens (primary N) is 1. The number of hydrogen-bond donors (Lipinski definition) is 1. The van der Waals surface area contributed by atoms with Crippen molar-refractivity contribution in [2.45, 2.75) is 44.8 Å². The molecule has 6 nitrogen and oxygen atoms in total. The SMILES string of the molecule is CCOCCOC(C)c1nc(C2(N)CCC2)no1. The van der Waals surface area contributed by atoms with Crippen LogP contribution in [0.4, 0.5) is 0 Å². The van der Waals surface area contributed by atoms with E-state index in [1.807, 2.05) is 13.8 Å². The van der Waals surface area contributed by atoms with Crippen molar-refractivity contribution in [2.24, 2.45) is 5.73 Å². The Hall–Kier alpha value is -0.980. The topological polar surface area (TPSA) is 83.4 Å². The van der Waals surface area contributed by atoms with Crippen molar-refractivity contribution < 1.29 is 14.0 Å². The quantitative estimate of drug-likeness (QED) is 0.744. The molecule has 0 amide bonds. The molecule has 18 heavy (non-hydrogen) atoms. The van der Waals surface area contributed by atoms with E-state index >= 15 is 0 Å². The molecule has 0 saturated heterocycles. The molecule has 1 aliphatic carbocycles. The van der Waals surface area contributed by atoms with Crippen molar-refractivity contribution in [1.82, 2.24) is 10.1 Å². The Morgan fingerprint density at radius 2 is 2.22 bits per heavy atom. The van der Waals surface area contributed by atoms with Gasteiger partial charge in [0.25, 0.3) is 5.89 Å². The van der Waals surface area contributed by atoms with E-state index in [-0.39, 0.29) is 11.6 Å². The van der Waals surface area contributed by atoms with Crippen molar-refractivity contribution in [3.05, 3.63) is 11.7 Å². The standard InChI is InChI=1S/C12H21N3O3/c1-3-16-7-8-17-9(2)10-14-11(15-18-10)12(13)5-4-6-12/h9H,3-8,13H2,1-2H3. The molecule has 1 unspecified atom stereocenters. The van der Waals surface area contributed by atoms with Gasteiger partial charge in [0.05, 0.1) is 18.8 Å². The van der Waals surface area contributed by atoms with Crippen molar-refractivity contribution in [3.8, 4) is 0 Å². The van der Waals surface area contributed by atoms with Gasteiger partial charge in [0.2, 0.25) is 0 Å². The third kappa shape index (κ3) is 2.88. The van der Waals surface area contributed by atoms with Crippen LogP contribution in [0.1, 0.15) is 50.9 Å². The van der Waals surface area contributed by atoms with E-state index in [1.165, 1.54) is 0 Å². The summed E-state index contributed by atoms with van der Waals surface area (Å²) in [5.74, 6) is 1.09. The first-order chi connectivity index (χ1) is 8.65. The van der Waals surface area contributed by atoms with E-state index < -0.39 is 0 Å². The Morgan fingerprint density at radius 3 is 2.83 bits per heavy atom. The van der Waals surface area contributed by atoms with Gasteiger partial charge in [-0.05, 0) is 33.1 Å². The highest BCUT2D eigenvalue weighted by atomic mass is 16.5. The smallest absolute Gasteiger partial charge is 0.255 e. The second-order valence-electron chi connectivity index (χ2n) is 4.68. The van der Waals surface area contributed by atoms with E-state index in [4.69, 9.17) is 19.7 Å². The van der Waals surface area contributed by atoms with Crippen LogP contribution in [-0.2, 0) is 15.0 Å². The second kappa shape index (κ2) is 5.77.